The highest BCUT2D eigenvalue weighted by molar-refractivity contribution is 14.1. The molecule has 1 aromatic heterocycles. The van der Waals surface area contributed by atoms with Gasteiger partial charge in [-0.25, -0.2) is 4.79 Å². The summed E-state index contributed by atoms with van der Waals surface area (Å²) in [5.41, 5.74) is 0.00308. The van der Waals surface area contributed by atoms with Gasteiger partial charge in [0, 0.05) is 27.7 Å². The molecule has 3 aromatic rings. The van der Waals surface area contributed by atoms with Gasteiger partial charge in [-0.05, 0) is 78.4 Å². The Kier molecular flexibility index (Phi) is 7.03. The molecule has 2 heterocycles. The number of carbonyl (C=O) groups is 1. The molecule has 0 radical (unpaired) electrons. The van der Waals surface area contributed by atoms with Crippen molar-refractivity contribution in [1.29, 1.82) is 0 Å². The second-order valence-corrected chi connectivity index (χ2v) is 8.96. The number of alkyl halides is 3. The molecule has 0 spiro atoms. The first kappa shape index (κ1) is 23.7. The molecule has 4 rings (SSSR count). The molecule has 2 amide bonds. The van der Waals surface area contributed by atoms with Crippen LogP contribution in [0.5, 0.6) is 5.75 Å². The number of amides is 2. The van der Waals surface area contributed by atoms with E-state index in [1.54, 1.807) is 12.1 Å². The van der Waals surface area contributed by atoms with Gasteiger partial charge in [0.2, 0.25) is 0 Å². The van der Waals surface area contributed by atoms with Gasteiger partial charge in [0.15, 0.2) is 5.58 Å². The van der Waals surface area contributed by atoms with Crippen molar-refractivity contribution in [3.05, 3.63) is 51.8 Å². The quantitative estimate of drug-likeness (QED) is 0.340. The molecule has 0 atom stereocenters. The van der Waals surface area contributed by atoms with Crippen LogP contribution in [-0.4, -0.2) is 36.7 Å². The summed E-state index contributed by atoms with van der Waals surface area (Å²) in [6, 6.07) is 8.15. The van der Waals surface area contributed by atoms with E-state index in [1.165, 1.54) is 18.4 Å². The fraction of sp³-hybridized carbons (Fsp3) is 0.348. The number of benzene rings is 2. The van der Waals surface area contributed by atoms with Crippen LogP contribution in [0.15, 0.2) is 47.1 Å². The summed E-state index contributed by atoms with van der Waals surface area (Å²) in [4.78, 5) is 14.7. The molecule has 0 saturated carbocycles. The van der Waals surface area contributed by atoms with Crippen LogP contribution in [0.4, 0.5) is 29.3 Å². The van der Waals surface area contributed by atoms with Crippen molar-refractivity contribution in [3.8, 4) is 5.75 Å². The van der Waals surface area contributed by atoms with Crippen LogP contribution in [0.1, 0.15) is 25.3 Å². The minimum absolute atomic E-state index is 0.00850. The average molecular weight is 573 g/mol. The van der Waals surface area contributed by atoms with Crippen molar-refractivity contribution >= 4 is 51.0 Å². The van der Waals surface area contributed by atoms with Crippen molar-refractivity contribution < 1.29 is 27.1 Å². The number of piperidine rings is 1. The number of hydrogen-bond acceptors (Lipinski definition) is 4. The molecule has 0 unspecified atom stereocenters. The molecule has 176 valence electrons. The van der Waals surface area contributed by atoms with E-state index >= 15 is 0 Å². The van der Waals surface area contributed by atoms with Crippen molar-refractivity contribution in [2.75, 3.05) is 30.3 Å². The van der Waals surface area contributed by atoms with Crippen LogP contribution in [-0.2, 0) is 6.18 Å². The SMILES string of the molecule is CCN1CCC(Oc2ccc(NC(=O)Nc3ccc(I)c4ccoc34)cc2C(F)(F)F)CC1. The van der Waals surface area contributed by atoms with E-state index in [-0.39, 0.29) is 17.5 Å². The van der Waals surface area contributed by atoms with E-state index in [0.717, 1.165) is 34.7 Å². The molecule has 2 N–H and O–H groups in total. The first-order valence-electron chi connectivity index (χ1n) is 10.6. The largest absolute Gasteiger partial charge is 0.490 e. The highest BCUT2D eigenvalue weighted by atomic mass is 127. The number of fused-ring (bicyclic) bond motifs is 1. The van der Waals surface area contributed by atoms with Gasteiger partial charge >= 0.3 is 12.2 Å². The predicted molar refractivity (Wildman–Crippen MR) is 129 cm³/mol. The van der Waals surface area contributed by atoms with Gasteiger partial charge in [-0.3, -0.25) is 0 Å². The lowest BCUT2D eigenvalue weighted by Gasteiger charge is -2.31. The first-order valence-corrected chi connectivity index (χ1v) is 11.7. The van der Waals surface area contributed by atoms with Crippen molar-refractivity contribution in [1.82, 2.24) is 4.90 Å². The van der Waals surface area contributed by atoms with Crippen molar-refractivity contribution in [2.24, 2.45) is 0 Å². The molecule has 1 aliphatic rings. The monoisotopic (exact) mass is 573 g/mol. The Morgan fingerprint density at radius 1 is 1.18 bits per heavy atom. The number of anilines is 2. The Morgan fingerprint density at radius 2 is 1.94 bits per heavy atom. The number of rotatable bonds is 5. The average Bonchev–Trinajstić information content (AvgIpc) is 3.28. The third-order valence-electron chi connectivity index (χ3n) is 5.63. The Balaban J connectivity index is 1.48. The predicted octanol–water partition coefficient (Wildman–Crippen LogP) is 6.56. The van der Waals surface area contributed by atoms with Gasteiger partial charge in [-0.1, -0.05) is 6.92 Å². The smallest absolute Gasteiger partial charge is 0.420 e. The lowest BCUT2D eigenvalue weighted by molar-refractivity contribution is -0.139. The molecule has 0 aliphatic carbocycles. The van der Waals surface area contributed by atoms with E-state index in [4.69, 9.17) is 9.15 Å². The number of urea groups is 1. The zero-order chi connectivity index (χ0) is 23.6. The summed E-state index contributed by atoms with van der Waals surface area (Å²) >= 11 is 2.15. The number of likely N-dealkylation sites (tertiary alicyclic amines) is 1. The normalized spacial score (nSPS) is 15.5. The summed E-state index contributed by atoms with van der Waals surface area (Å²) in [6.07, 6.45) is -2.04. The number of hydrogen-bond donors (Lipinski definition) is 2. The fourth-order valence-electron chi connectivity index (χ4n) is 3.87. The second-order valence-electron chi connectivity index (χ2n) is 7.80. The number of halogens is 4. The number of nitrogens with zero attached hydrogens (tertiary/aromatic N) is 1. The summed E-state index contributed by atoms with van der Waals surface area (Å²) in [7, 11) is 0. The van der Waals surface area contributed by atoms with Gasteiger partial charge < -0.3 is 24.7 Å². The van der Waals surface area contributed by atoms with E-state index in [2.05, 4.69) is 45.0 Å². The Hall–Kier alpha value is -2.47. The number of carbonyl (C=O) groups excluding carboxylic acids is 1. The summed E-state index contributed by atoms with van der Waals surface area (Å²) in [5.74, 6) is -0.224. The number of furan rings is 1. The number of nitrogens with one attached hydrogen (secondary N) is 2. The van der Waals surface area contributed by atoms with Crippen LogP contribution in [0.3, 0.4) is 0 Å². The van der Waals surface area contributed by atoms with Crippen molar-refractivity contribution in [2.45, 2.75) is 32.0 Å². The van der Waals surface area contributed by atoms with Crippen molar-refractivity contribution in [3.63, 3.8) is 0 Å². The standard InChI is InChI=1S/C23H23F3IN3O3/c1-2-30-10-7-15(8-11-30)33-20-6-3-14(13-17(20)23(24,25)26)28-22(31)29-19-5-4-18(27)16-9-12-32-21(16)19/h3-6,9,12-13,15H,2,7-8,10-11H2,1H3,(H2,28,29,31). The van der Waals surface area contributed by atoms with Crippen LogP contribution in [0.2, 0.25) is 0 Å². The van der Waals surface area contributed by atoms with Crippen LogP contribution in [0, 0.1) is 3.57 Å². The lowest BCUT2D eigenvalue weighted by atomic mass is 10.1. The van der Waals surface area contributed by atoms with Gasteiger partial charge in [0.1, 0.15) is 11.9 Å². The minimum atomic E-state index is -4.62. The third kappa shape index (κ3) is 5.55. The maximum Gasteiger partial charge on any atom is 0.420 e. The highest BCUT2D eigenvalue weighted by Gasteiger charge is 2.36. The third-order valence-corrected chi connectivity index (χ3v) is 6.57. The molecule has 1 saturated heterocycles. The Labute approximate surface area is 202 Å². The summed E-state index contributed by atoms with van der Waals surface area (Å²) < 4.78 is 53.3. The lowest BCUT2D eigenvalue weighted by Crippen LogP contribution is -2.38. The van der Waals surface area contributed by atoms with Crippen LogP contribution < -0.4 is 15.4 Å². The molecular weight excluding hydrogens is 550 g/mol. The number of ether oxygens (including phenoxy) is 1. The summed E-state index contributed by atoms with van der Waals surface area (Å²) in [6.45, 7) is 4.56. The molecular formula is C23H23F3IN3O3. The first-order chi connectivity index (χ1) is 15.7. The van der Waals surface area contributed by atoms with Gasteiger partial charge in [0.25, 0.3) is 0 Å². The Bertz CT molecular complexity index is 1140. The zero-order valence-electron chi connectivity index (χ0n) is 17.8. The highest BCUT2D eigenvalue weighted by Crippen LogP contribution is 2.39. The molecule has 0 bridgehead atoms. The van der Waals surface area contributed by atoms with E-state index < -0.39 is 17.8 Å². The van der Waals surface area contributed by atoms with Gasteiger partial charge in [-0.15, -0.1) is 0 Å². The summed E-state index contributed by atoms with van der Waals surface area (Å²) in [5, 5.41) is 5.93. The maximum absolute atomic E-state index is 13.7. The zero-order valence-corrected chi connectivity index (χ0v) is 20.0. The fourth-order valence-corrected chi connectivity index (χ4v) is 4.47. The van der Waals surface area contributed by atoms with E-state index in [1.807, 2.05) is 6.07 Å². The van der Waals surface area contributed by atoms with E-state index in [9.17, 15) is 18.0 Å². The topological polar surface area (TPSA) is 66.7 Å². The molecule has 1 aliphatic heterocycles. The van der Waals surface area contributed by atoms with Gasteiger partial charge in [0.05, 0.1) is 17.5 Å². The Morgan fingerprint density at radius 3 is 2.64 bits per heavy atom. The van der Waals surface area contributed by atoms with Gasteiger partial charge in [-0.2, -0.15) is 13.2 Å². The molecule has 33 heavy (non-hydrogen) atoms. The molecule has 2 aromatic carbocycles. The molecule has 10 heteroatoms. The minimum Gasteiger partial charge on any atom is -0.490 e. The second kappa shape index (κ2) is 9.80. The van der Waals surface area contributed by atoms with E-state index in [0.29, 0.717) is 24.1 Å². The molecule has 1 fully saturated rings. The van der Waals surface area contributed by atoms with Crippen LogP contribution in [0.25, 0.3) is 11.0 Å². The van der Waals surface area contributed by atoms with Crippen LogP contribution >= 0.6 is 22.6 Å². The molecule has 6 nitrogen and oxygen atoms in total. The maximum atomic E-state index is 13.7.